The van der Waals surface area contributed by atoms with Gasteiger partial charge in [-0.25, -0.2) is 14.6 Å². The molecular formula is C24H21ClF3N3O5. The summed E-state index contributed by atoms with van der Waals surface area (Å²) >= 11 is 6.08. The number of hydrogen-bond donors (Lipinski definition) is 2. The number of rotatable bonds is 7. The van der Waals surface area contributed by atoms with Crippen molar-refractivity contribution in [1.82, 2.24) is 10.2 Å². The molecule has 36 heavy (non-hydrogen) atoms. The van der Waals surface area contributed by atoms with E-state index < -0.39 is 36.1 Å². The zero-order valence-corrected chi connectivity index (χ0v) is 19.9. The van der Waals surface area contributed by atoms with E-state index in [1.807, 2.05) is 0 Å². The van der Waals surface area contributed by atoms with Gasteiger partial charge in [0.05, 0.1) is 11.6 Å². The number of carboxylic acids is 1. The number of allylic oxidation sites excluding steroid dienone is 1. The highest BCUT2D eigenvalue weighted by molar-refractivity contribution is 6.30. The van der Waals surface area contributed by atoms with E-state index in [4.69, 9.17) is 11.6 Å². The van der Waals surface area contributed by atoms with Crippen LogP contribution < -0.4 is 10.1 Å². The Kier molecular flexibility index (Phi) is 8.03. The summed E-state index contributed by atoms with van der Waals surface area (Å²) in [6.45, 7) is 2.95. The number of ether oxygens (including phenoxy) is 1. The van der Waals surface area contributed by atoms with Crippen LogP contribution in [-0.2, 0) is 4.79 Å². The van der Waals surface area contributed by atoms with Gasteiger partial charge in [0.15, 0.2) is 0 Å². The molecule has 2 aromatic rings. The van der Waals surface area contributed by atoms with Crippen LogP contribution in [0.1, 0.15) is 40.9 Å². The van der Waals surface area contributed by atoms with Crippen molar-refractivity contribution in [3.63, 3.8) is 0 Å². The molecule has 3 rings (SSSR count). The Morgan fingerprint density at radius 3 is 2.56 bits per heavy atom. The molecule has 0 aromatic heterocycles. The molecule has 1 atom stereocenters. The molecule has 0 bridgehead atoms. The largest absolute Gasteiger partial charge is 0.573 e. The maximum Gasteiger partial charge on any atom is 0.573 e. The molecule has 8 nitrogen and oxygen atoms in total. The van der Waals surface area contributed by atoms with Crippen molar-refractivity contribution in [3.8, 4) is 5.75 Å². The summed E-state index contributed by atoms with van der Waals surface area (Å²) in [7, 11) is 0. The van der Waals surface area contributed by atoms with Gasteiger partial charge in [0.25, 0.3) is 5.91 Å². The zero-order chi connectivity index (χ0) is 26.6. The van der Waals surface area contributed by atoms with Crippen LogP contribution in [0.5, 0.6) is 5.75 Å². The van der Waals surface area contributed by atoms with Gasteiger partial charge in [0.2, 0.25) is 0 Å². The van der Waals surface area contributed by atoms with Crippen LogP contribution in [0.3, 0.4) is 0 Å². The number of aliphatic imine (C=N–C) groups is 1. The fraction of sp³-hybridized carbons (Fsp3) is 0.250. The van der Waals surface area contributed by atoms with Crippen LogP contribution >= 0.6 is 11.6 Å². The van der Waals surface area contributed by atoms with Crippen LogP contribution in [0.4, 0.5) is 18.0 Å². The van der Waals surface area contributed by atoms with Gasteiger partial charge >= 0.3 is 18.4 Å². The predicted molar refractivity (Wildman–Crippen MR) is 125 cm³/mol. The van der Waals surface area contributed by atoms with Crippen LogP contribution in [0.25, 0.3) is 0 Å². The first-order chi connectivity index (χ1) is 16.9. The van der Waals surface area contributed by atoms with Crippen molar-refractivity contribution in [1.29, 1.82) is 0 Å². The van der Waals surface area contributed by atoms with Crippen molar-refractivity contribution >= 4 is 35.7 Å². The number of nitrogens with one attached hydrogen (secondary N) is 1. The van der Waals surface area contributed by atoms with Gasteiger partial charge in [-0.3, -0.25) is 4.79 Å². The van der Waals surface area contributed by atoms with Crippen molar-refractivity contribution < 1.29 is 37.4 Å². The van der Waals surface area contributed by atoms with E-state index in [9.17, 15) is 32.7 Å². The maximum atomic E-state index is 12.7. The summed E-state index contributed by atoms with van der Waals surface area (Å²) in [6.07, 6.45) is -3.50. The highest BCUT2D eigenvalue weighted by atomic mass is 35.5. The Morgan fingerprint density at radius 1 is 1.22 bits per heavy atom. The highest BCUT2D eigenvalue weighted by Crippen LogP contribution is 2.34. The number of carbonyl (C=O) groups is 3. The standard InChI is InChI=1S/C24H21ClF3N3O5/c1-13-11-17(36-24(26,27)28)7-8-18(13)21(32)29-9-4-10-31-20(15-5-3-6-16(25)12-15)19(22(33)34)14(2)30-23(31)35/h3,5-9,11-12,20H,4,10H2,1-2H3,(H,30,35)(H,33,34). The predicted octanol–water partition coefficient (Wildman–Crippen LogP) is 5.27. The minimum absolute atomic E-state index is 0.0151. The van der Waals surface area contributed by atoms with Gasteiger partial charge in [-0.2, -0.15) is 0 Å². The molecular weight excluding hydrogens is 503 g/mol. The minimum Gasteiger partial charge on any atom is -0.478 e. The molecule has 0 spiro atoms. The number of hydrogen-bond acceptors (Lipinski definition) is 4. The molecule has 0 fully saturated rings. The van der Waals surface area contributed by atoms with Crippen LogP contribution in [0.15, 0.2) is 58.7 Å². The van der Waals surface area contributed by atoms with Gasteiger partial charge in [0, 0.05) is 35.5 Å². The lowest BCUT2D eigenvalue weighted by atomic mass is 9.93. The third-order valence-corrected chi connectivity index (χ3v) is 5.54. The lowest BCUT2D eigenvalue weighted by Gasteiger charge is -2.37. The van der Waals surface area contributed by atoms with Crippen LogP contribution in [0, 0.1) is 6.92 Å². The SMILES string of the molecule is CC1=C(C(=O)O)C(c2cccc(Cl)c2)N(CCC=NC(=O)c2ccc(OC(F)(F)F)cc2C)C(=O)N1. The average molecular weight is 524 g/mol. The monoisotopic (exact) mass is 523 g/mol. The Balaban J connectivity index is 1.76. The van der Waals surface area contributed by atoms with Gasteiger partial charge < -0.3 is 20.1 Å². The van der Waals surface area contributed by atoms with E-state index in [-0.39, 0.29) is 35.4 Å². The number of carboxylic acid groups (broad SMARTS) is 1. The normalized spacial score (nSPS) is 16.3. The smallest absolute Gasteiger partial charge is 0.478 e. The number of carbonyl (C=O) groups excluding carboxylic acids is 2. The Bertz CT molecular complexity index is 1260. The lowest BCUT2D eigenvalue weighted by Crippen LogP contribution is -2.48. The lowest BCUT2D eigenvalue weighted by molar-refractivity contribution is -0.274. The second kappa shape index (κ2) is 10.8. The summed E-state index contributed by atoms with van der Waals surface area (Å²) < 4.78 is 41.0. The number of urea groups is 1. The van der Waals surface area contributed by atoms with Crippen LogP contribution in [0.2, 0.25) is 5.02 Å². The summed E-state index contributed by atoms with van der Waals surface area (Å²) in [6, 6.07) is 8.30. The molecule has 0 radical (unpaired) electrons. The maximum absolute atomic E-state index is 12.7. The molecule has 1 heterocycles. The molecule has 3 amide bonds. The van der Waals surface area contributed by atoms with Crippen LogP contribution in [-0.4, -0.2) is 47.0 Å². The fourth-order valence-electron chi connectivity index (χ4n) is 3.80. The number of halogens is 4. The summed E-state index contributed by atoms with van der Waals surface area (Å²) in [5.41, 5.74) is 0.994. The molecule has 0 saturated carbocycles. The minimum atomic E-state index is -4.85. The molecule has 12 heteroatoms. The van der Waals surface area contributed by atoms with Gasteiger partial charge in [-0.1, -0.05) is 23.7 Å². The number of aryl methyl sites for hydroxylation is 1. The molecule has 1 aliphatic heterocycles. The second-order valence-electron chi connectivity index (χ2n) is 7.85. The van der Waals surface area contributed by atoms with Crippen molar-refractivity contribution in [2.24, 2.45) is 4.99 Å². The van der Waals surface area contributed by atoms with E-state index in [0.717, 1.165) is 12.1 Å². The molecule has 0 aliphatic carbocycles. The highest BCUT2D eigenvalue weighted by Gasteiger charge is 2.37. The number of aliphatic carboxylic acids is 1. The van der Waals surface area contributed by atoms with E-state index in [0.29, 0.717) is 10.6 Å². The molecule has 0 saturated heterocycles. The summed E-state index contributed by atoms with van der Waals surface area (Å²) in [5, 5.41) is 12.7. The van der Waals surface area contributed by atoms with Crippen molar-refractivity contribution in [2.75, 3.05) is 6.54 Å². The third-order valence-electron chi connectivity index (χ3n) is 5.31. The molecule has 1 unspecified atom stereocenters. The van der Waals surface area contributed by atoms with Crippen molar-refractivity contribution in [2.45, 2.75) is 32.7 Å². The number of amides is 3. The molecule has 2 aromatic carbocycles. The first-order valence-corrected chi connectivity index (χ1v) is 11.0. The third kappa shape index (κ3) is 6.42. The molecule has 190 valence electrons. The summed E-state index contributed by atoms with van der Waals surface area (Å²) in [4.78, 5) is 42.2. The number of alkyl halides is 3. The van der Waals surface area contributed by atoms with Crippen molar-refractivity contribution in [3.05, 3.63) is 75.4 Å². The van der Waals surface area contributed by atoms with Gasteiger partial charge in [-0.15, -0.1) is 13.2 Å². The quantitative estimate of drug-likeness (QED) is 0.480. The zero-order valence-electron chi connectivity index (χ0n) is 19.1. The Morgan fingerprint density at radius 2 is 1.94 bits per heavy atom. The number of benzene rings is 2. The Hall–Kier alpha value is -3.86. The molecule has 1 aliphatic rings. The average Bonchev–Trinajstić information content (AvgIpc) is 2.75. The van der Waals surface area contributed by atoms with Gasteiger partial charge in [-0.05, 0) is 55.3 Å². The topological polar surface area (TPSA) is 108 Å². The number of nitrogens with zero attached hydrogens (tertiary/aromatic N) is 2. The van der Waals surface area contributed by atoms with Gasteiger partial charge in [0.1, 0.15) is 5.75 Å². The molecule has 2 N–H and O–H groups in total. The Labute approximate surface area is 209 Å². The second-order valence-corrected chi connectivity index (χ2v) is 8.29. The summed E-state index contributed by atoms with van der Waals surface area (Å²) in [5.74, 6) is -2.36. The fourth-order valence-corrected chi connectivity index (χ4v) is 3.99. The van der Waals surface area contributed by atoms with E-state index in [2.05, 4.69) is 15.0 Å². The first-order valence-electron chi connectivity index (χ1n) is 10.6. The van der Waals surface area contributed by atoms with E-state index >= 15 is 0 Å². The van der Waals surface area contributed by atoms with E-state index in [1.54, 1.807) is 24.3 Å². The first kappa shape index (κ1) is 26.7. The van der Waals surface area contributed by atoms with E-state index in [1.165, 1.54) is 31.0 Å².